The summed E-state index contributed by atoms with van der Waals surface area (Å²) in [5.74, 6) is 1.55. The Morgan fingerprint density at radius 2 is 1.89 bits per heavy atom. The summed E-state index contributed by atoms with van der Waals surface area (Å²) in [6.07, 6.45) is 7.69. The van der Waals surface area contributed by atoms with Crippen molar-refractivity contribution < 1.29 is 28.5 Å². The Morgan fingerprint density at radius 3 is 2.64 bits per heavy atom. The minimum absolute atomic E-state index is 0.0601. The molecule has 230 valence electrons. The Kier molecular flexibility index (Phi) is 9.72. The van der Waals surface area contributed by atoms with Crippen LogP contribution in [0.5, 0.6) is 11.5 Å². The molecule has 0 radical (unpaired) electrons. The molecule has 8 heteroatoms. The molecule has 3 aromatic carbocycles. The van der Waals surface area contributed by atoms with Gasteiger partial charge in [-0.25, -0.2) is 4.79 Å². The van der Waals surface area contributed by atoms with Crippen LogP contribution in [-0.4, -0.2) is 37.9 Å². The Hall–Kier alpha value is -4.53. The van der Waals surface area contributed by atoms with Crippen LogP contribution in [0.3, 0.4) is 0 Å². The molecule has 0 saturated carbocycles. The molecular formula is C36H40N2O6. The quantitative estimate of drug-likeness (QED) is 0.157. The van der Waals surface area contributed by atoms with Crippen LogP contribution < -0.4 is 15.8 Å². The highest BCUT2D eigenvalue weighted by molar-refractivity contribution is 6.16. The number of esters is 1. The van der Waals surface area contributed by atoms with Crippen molar-refractivity contribution in [3.8, 4) is 11.5 Å². The fourth-order valence-electron chi connectivity index (χ4n) is 5.67. The second kappa shape index (κ2) is 13.8. The summed E-state index contributed by atoms with van der Waals surface area (Å²) in [4.78, 5) is 13.3. The predicted molar refractivity (Wildman–Crippen MR) is 173 cm³/mol. The summed E-state index contributed by atoms with van der Waals surface area (Å²) in [7, 11) is 1.64. The third-order valence-corrected chi connectivity index (χ3v) is 7.84. The van der Waals surface area contributed by atoms with Crippen molar-refractivity contribution in [2.24, 2.45) is 5.73 Å². The molecule has 0 aliphatic heterocycles. The molecule has 0 fully saturated rings. The molecule has 1 aliphatic carbocycles. The molecule has 1 heterocycles. The van der Waals surface area contributed by atoms with Gasteiger partial charge in [0.15, 0.2) is 0 Å². The van der Waals surface area contributed by atoms with Crippen LogP contribution in [-0.2, 0) is 16.1 Å². The molecule has 4 aromatic rings. The SMILES string of the molecule is CCOC(=O)c1c(C)oc2c1c(C(NCCN)C1=CC=C(C)CCC(OCc3cccc(OC)c3)=C1)c(O)c1ccccc12. The van der Waals surface area contributed by atoms with Gasteiger partial charge < -0.3 is 34.8 Å². The zero-order chi connectivity index (χ0) is 31.2. The van der Waals surface area contributed by atoms with Crippen molar-refractivity contribution in [2.45, 2.75) is 46.3 Å². The molecule has 0 bridgehead atoms. The molecule has 1 atom stereocenters. The first kappa shape index (κ1) is 30.9. The number of benzene rings is 3. The number of furan rings is 1. The van der Waals surface area contributed by atoms with E-state index in [2.05, 4.69) is 18.3 Å². The summed E-state index contributed by atoms with van der Waals surface area (Å²) in [5, 5.41) is 17.4. The predicted octanol–water partition coefficient (Wildman–Crippen LogP) is 7.14. The van der Waals surface area contributed by atoms with E-state index in [1.807, 2.05) is 60.7 Å². The van der Waals surface area contributed by atoms with Gasteiger partial charge in [0.2, 0.25) is 0 Å². The number of nitrogens with two attached hydrogens (primary N) is 1. The maximum absolute atomic E-state index is 13.3. The first-order chi connectivity index (χ1) is 21.4. The number of hydrogen-bond acceptors (Lipinski definition) is 8. The first-order valence-corrected chi connectivity index (χ1v) is 15.0. The molecule has 44 heavy (non-hydrogen) atoms. The Balaban J connectivity index is 1.70. The zero-order valence-electron chi connectivity index (χ0n) is 25.7. The third kappa shape index (κ3) is 6.37. The van der Waals surface area contributed by atoms with Crippen molar-refractivity contribution >= 4 is 27.7 Å². The van der Waals surface area contributed by atoms with Crippen molar-refractivity contribution in [1.29, 1.82) is 0 Å². The number of ether oxygens (including phenoxy) is 3. The Labute approximate surface area is 257 Å². The van der Waals surface area contributed by atoms with Crippen molar-refractivity contribution in [1.82, 2.24) is 5.32 Å². The second-order valence-electron chi connectivity index (χ2n) is 10.9. The molecule has 4 N–H and O–H groups in total. The smallest absolute Gasteiger partial charge is 0.342 e. The standard InChI is InChI=1S/C36H40N2O6/c1-5-42-36(40)30-23(3)44-35-29-12-7-6-11-28(29)34(39)32(31(30)35)33(38-18-17-37)25-15-13-22(2)14-16-27(20-25)43-21-24-9-8-10-26(19-24)41-4/h6-13,15,19-20,33,38-39H,5,14,16-18,21,37H2,1-4H3. The zero-order valence-corrected chi connectivity index (χ0v) is 25.7. The van der Waals surface area contributed by atoms with E-state index in [4.69, 9.17) is 24.4 Å². The molecule has 5 rings (SSSR count). The normalized spacial score (nSPS) is 14.3. The number of phenols is 1. The van der Waals surface area contributed by atoms with E-state index in [1.165, 1.54) is 5.57 Å². The molecule has 1 aliphatic rings. The highest BCUT2D eigenvalue weighted by Gasteiger charge is 2.31. The van der Waals surface area contributed by atoms with Gasteiger partial charge in [-0.1, -0.05) is 54.1 Å². The van der Waals surface area contributed by atoms with Crippen molar-refractivity contribution in [2.75, 3.05) is 26.8 Å². The number of hydrogen-bond donors (Lipinski definition) is 3. The summed E-state index contributed by atoms with van der Waals surface area (Å²) in [6, 6.07) is 14.7. The minimum Gasteiger partial charge on any atom is -0.507 e. The molecular weight excluding hydrogens is 556 g/mol. The maximum Gasteiger partial charge on any atom is 0.342 e. The van der Waals surface area contributed by atoms with Gasteiger partial charge in [-0.3, -0.25) is 0 Å². The number of fused-ring (bicyclic) bond motifs is 3. The van der Waals surface area contributed by atoms with Gasteiger partial charge in [-0.05, 0) is 56.5 Å². The van der Waals surface area contributed by atoms with Gasteiger partial charge in [-0.2, -0.15) is 0 Å². The number of methoxy groups -OCH3 is 1. The lowest BCUT2D eigenvalue weighted by molar-refractivity contribution is 0.0526. The number of carbonyl (C=O) groups is 1. The largest absolute Gasteiger partial charge is 0.507 e. The number of aryl methyl sites for hydroxylation is 1. The second-order valence-corrected chi connectivity index (χ2v) is 10.9. The molecule has 0 spiro atoms. The molecule has 8 nitrogen and oxygen atoms in total. The van der Waals surface area contributed by atoms with E-state index in [9.17, 15) is 9.90 Å². The lowest BCUT2D eigenvalue weighted by Crippen LogP contribution is -2.29. The van der Waals surface area contributed by atoms with Gasteiger partial charge in [0.25, 0.3) is 0 Å². The number of nitrogens with one attached hydrogen (secondary N) is 1. The number of allylic oxidation sites excluding steroid dienone is 4. The molecule has 0 amide bonds. The van der Waals surface area contributed by atoms with Crippen LogP contribution in [0, 0.1) is 6.92 Å². The van der Waals surface area contributed by atoms with Gasteiger partial charge in [0, 0.05) is 41.2 Å². The molecule has 1 unspecified atom stereocenters. The first-order valence-electron chi connectivity index (χ1n) is 15.0. The summed E-state index contributed by atoms with van der Waals surface area (Å²) in [6.45, 7) is 7.01. The van der Waals surface area contributed by atoms with Crippen LogP contribution in [0.25, 0.3) is 21.7 Å². The molecule has 0 saturated heterocycles. The van der Waals surface area contributed by atoms with E-state index in [1.54, 1.807) is 21.0 Å². The highest BCUT2D eigenvalue weighted by Crippen LogP contribution is 2.46. The fraction of sp³-hybridized carbons (Fsp3) is 0.306. The van der Waals surface area contributed by atoms with E-state index >= 15 is 0 Å². The maximum atomic E-state index is 13.3. The van der Waals surface area contributed by atoms with Gasteiger partial charge in [0.1, 0.15) is 35.0 Å². The lowest BCUT2D eigenvalue weighted by atomic mass is 9.88. The number of phenolic OH excluding ortho intramolecular Hbond substituents is 1. The van der Waals surface area contributed by atoms with Crippen LogP contribution in [0.15, 0.2) is 88.1 Å². The van der Waals surface area contributed by atoms with Crippen LogP contribution in [0.1, 0.15) is 60.0 Å². The monoisotopic (exact) mass is 596 g/mol. The van der Waals surface area contributed by atoms with Crippen LogP contribution in [0.2, 0.25) is 0 Å². The number of rotatable bonds is 11. The van der Waals surface area contributed by atoms with Crippen molar-refractivity contribution in [3.05, 3.63) is 106 Å². The minimum atomic E-state index is -0.562. The van der Waals surface area contributed by atoms with E-state index in [0.717, 1.165) is 29.1 Å². The van der Waals surface area contributed by atoms with E-state index < -0.39 is 12.0 Å². The number of aromatic hydroxyl groups is 1. The summed E-state index contributed by atoms with van der Waals surface area (Å²) >= 11 is 0. The average Bonchev–Trinajstić information content (AvgIpc) is 3.37. The highest BCUT2D eigenvalue weighted by atomic mass is 16.5. The van der Waals surface area contributed by atoms with Crippen molar-refractivity contribution in [3.63, 3.8) is 0 Å². The van der Waals surface area contributed by atoms with Crippen LogP contribution >= 0.6 is 0 Å². The summed E-state index contributed by atoms with van der Waals surface area (Å²) < 4.78 is 23.5. The third-order valence-electron chi connectivity index (χ3n) is 7.84. The number of carbonyl (C=O) groups excluding carboxylic acids is 1. The molecule has 1 aromatic heterocycles. The topological polar surface area (TPSA) is 116 Å². The average molecular weight is 597 g/mol. The van der Waals surface area contributed by atoms with E-state index in [0.29, 0.717) is 64.7 Å². The van der Waals surface area contributed by atoms with Gasteiger partial charge in [-0.15, -0.1) is 0 Å². The van der Waals surface area contributed by atoms with Crippen LogP contribution in [0.4, 0.5) is 0 Å². The lowest BCUT2D eigenvalue weighted by Gasteiger charge is -2.25. The van der Waals surface area contributed by atoms with E-state index in [-0.39, 0.29) is 12.4 Å². The summed E-state index contributed by atoms with van der Waals surface area (Å²) in [5.41, 5.74) is 10.4. The Morgan fingerprint density at radius 1 is 1.09 bits per heavy atom. The van der Waals surface area contributed by atoms with Gasteiger partial charge in [0.05, 0.1) is 25.5 Å². The fourth-order valence-corrected chi connectivity index (χ4v) is 5.67. The Bertz CT molecular complexity index is 1760. The van der Waals surface area contributed by atoms with Gasteiger partial charge >= 0.3 is 5.97 Å².